The molecule has 0 bridgehead atoms. The van der Waals surface area contributed by atoms with Crippen molar-refractivity contribution in [2.24, 2.45) is 11.5 Å². The van der Waals surface area contributed by atoms with Gasteiger partial charge < -0.3 is 32.1 Å². The lowest BCUT2D eigenvalue weighted by atomic mass is 10.1. The van der Waals surface area contributed by atoms with Crippen LogP contribution in [0, 0.1) is 0 Å². The highest BCUT2D eigenvalue weighted by molar-refractivity contribution is 5.92. The highest BCUT2D eigenvalue weighted by Gasteiger charge is 2.33. The summed E-state index contributed by atoms with van der Waals surface area (Å²) >= 11 is 0. The molecule has 0 aromatic carbocycles. The van der Waals surface area contributed by atoms with E-state index in [9.17, 15) is 24.0 Å². The second-order valence-electron chi connectivity index (χ2n) is 5.63. The van der Waals surface area contributed by atoms with Crippen LogP contribution >= 0.6 is 0 Å². The minimum Gasteiger partial charge on any atom is -0.480 e. The average molecular weight is 357 g/mol. The number of carbonyl (C=O) groups is 5. The summed E-state index contributed by atoms with van der Waals surface area (Å²) in [4.78, 5) is 58.7. The van der Waals surface area contributed by atoms with Crippen LogP contribution in [0.5, 0.6) is 0 Å². The number of carboxylic acid groups (broad SMARTS) is 1. The van der Waals surface area contributed by atoms with E-state index in [0.29, 0.717) is 19.4 Å². The summed E-state index contributed by atoms with van der Waals surface area (Å²) in [5.41, 5.74) is 10.2. The molecular formula is C14H23N5O6. The third kappa shape index (κ3) is 6.37. The molecule has 1 rings (SSSR count). The summed E-state index contributed by atoms with van der Waals surface area (Å²) in [6.45, 7) is -0.223. The minimum atomic E-state index is -1.31. The first-order valence-electron chi connectivity index (χ1n) is 7.84. The van der Waals surface area contributed by atoms with Crippen LogP contribution in [0.1, 0.15) is 25.7 Å². The predicted octanol–water partition coefficient (Wildman–Crippen LogP) is -3.11. The minimum absolute atomic E-state index is 0.147. The smallest absolute Gasteiger partial charge is 0.326 e. The Kier molecular flexibility index (Phi) is 7.79. The molecule has 2 atom stereocenters. The van der Waals surface area contributed by atoms with Gasteiger partial charge in [0.1, 0.15) is 12.1 Å². The number of primary amides is 1. The molecular weight excluding hydrogens is 334 g/mol. The van der Waals surface area contributed by atoms with Gasteiger partial charge in [0.25, 0.3) is 0 Å². The SMILES string of the molecule is NCC(=O)N1CCCC1C(=O)NCC(=O)NC(CCC(N)=O)C(=O)O. The fourth-order valence-electron chi connectivity index (χ4n) is 2.53. The number of nitrogens with two attached hydrogens (primary N) is 2. The number of rotatable bonds is 9. The number of carboxylic acids is 1. The molecule has 1 saturated heterocycles. The Morgan fingerprint density at radius 1 is 1.24 bits per heavy atom. The van der Waals surface area contributed by atoms with Crippen LogP contribution in [-0.4, -0.2) is 71.3 Å². The first-order valence-corrected chi connectivity index (χ1v) is 7.84. The lowest BCUT2D eigenvalue weighted by Crippen LogP contribution is -2.51. The standard InChI is InChI=1S/C14H23N5O6/c15-6-12(22)19-5-1-2-9(19)13(23)17-7-11(21)18-8(14(24)25)3-4-10(16)20/h8-9H,1-7,15H2,(H2,16,20)(H,17,23)(H,18,21)(H,24,25). The highest BCUT2D eigenvalue weighted by Crippen LogP contribution is 2.17. The van der Waals surface area contributed by atoms with E-state index in [0.717, 1.165) is 0 Å². The molecule has 140 valence electrons. The fraction of sp³-hybridized carbons (Fsp3) is 0.643. The summed E-state index contributed by atoms with van der Waals surface area (Å²) in [7, 11) is 0. The average Bonchev–Trinajstić information content (AvgIpc) is 3.04. The summed E-state index contributed by atoms with van der Waals surface area (Å²) in [6.07, 6.45) is 0.785. The van der Waals surface area contributed by atoms with Gasteiger partial charge in [-0.1, -0.05) is 0 Å². The van der Waals surface area contributed by atoms with E-state index in [1.165, 1.54) is 4.90 Å². The van der Waals surface area contributed by atoms with Crippen LogP contribution in [0.2, 0.25) is 0 Å². The molecule has 0 spiro atoms. The van der Waals surface area contributed by atoms with Gasteiger partial charge in [-0.2, -0.15) is 0 Å². The lowest BCUT2D eigenvalue weighted by Gasteiger charge is -2.23. The van der Waals surface area contributed by atoms with E-state index in [-0.39, 0.29) is 25.3 Å². The summed E-state index contributed by atoms with van der Waals surface area (Å²) in [5.74, 6) is -3.56. The maximum Gasteiger partial charge on any atom is 0.326 e. The lowest BCUT2D eigenvalue weighted by molar-refractivity contribution is -0.142. The Morgan fingerprint density at radius 3 is 2.48 bits per heavy atom. The van der Waals surface area contributed by atoms with Crippen molar-refractivity contribution in [1.29, 1.82) is 0 Å². The van der Waals surface area contributed by atoms with Crippen LogP contribution in [-0.2, 0) is 24.0 Å². The second kappa shape index (κ2) is 9.57. The molecule has 1 aliphatic rings. The van der Waals surface area contributed by atoms with Gasteiger partial charge in [-0.3, -0.25) is 19.2 Å². The molecule has 0 aromatic heterocycles. The number of carbonyl (C=O) groups excluding carboxylic acids is 4. The number of nitrogens with zero attached hydrogens (tertiary/aromatic N) is 1. The van der Waals surface area contributed by atoms with Gasteiger partial charge in [0.15, 0.2) is 0 Å². The monoisotopic (exact) mass is 357 g/mol. The van der Waals surface area contributed by atoms with Gasteiger partial charge in [-0.05, 0) is 19.3 Å². The van der Waals surface area contributed by atoms with Crippen molar-refractivity contribution in [3.05, 3.63) is 0 Å². The molecule has 0 radical (unpaired) electrons. The van der Waals surface area contributed by atoms with E-state index in [1.807, 2.05) is 0 Å². The zero-order valence-corrected chi connectivity index (χ0v) is 13.7. The van der Waals surface area contributed by atoms with E-state index in [1.54, 1.807) is 0 Å². The molecule has 2 unspecified atom stereocenters. The zero-order valence-electron chi connectivity index (χ0n) is 13.7. The van der Waals surface area contributed by atoms with Crippen molar-refractivity contribution in [2.45, 2.75) is 37.8 Å². The van der Waals surface area contributed by atoms with Crippen LogP contribution in [0.25, 0.3) is 0 Å². The van der Waals surface area contributed by atoms with Crippen LogP contribution in [0.4, 0.5) is 0 Å². The van der Waals surface area contributed by atoms with Crippen LogP contribution in [0.3, 0.4) is 0 Å². The number of nitrogens with one attached hydrogen (secondary N) is 2. The van der Waals surface area contributed by atoms with Gasteiger partial charge in [0.05, 0.1) is 13.1 Å². The quantitative estimate of drug-likeness (QED) is 0.289. The van der Waals surface area contributed by atoms with Crippen molar-refractivity contribution in [3.63, 3.8) is 0 Å². The first-order chi connectivity index (χ1) is 11.8. The van der Waals surface area contributed by atoms with Crippen molar-refractivity contribution in [1.82, 2.24) is 15.5 Å². The van der Waals surface area contributed by atoms with Crippen molar-refractivity contribution >= 4 is 29.6 Å². The summed E-state index contributed by atoms with van der Waals surface area (Å²) < 4.78 is 0. The number of hydrogen-bond acceptors (Lipinski definition) is 6. The Bertz CT molecular complexity index is 552. The Labute approximate surface area is 144 Å². The molecule has 0 saturated carbocycles. The first kappa shape index (κ1) is 20.4. The van der Waals surface area contributed by atoms with Gasteiger partial charge in [-0.25, -0.2) is 4.79 Å². The molecule has 1 heterocycles. The Morgan fingerprint density at radius 2 is 1.92 bits per heavy atom. The number of amides is 4. The van der Waals surface area contributed by atoms with Gasteiger partial charge in [0, 0.05) is 13.0 Å². The number of aliphatic carboxylic acids is 1. The Balaban J connectivity index is 2.48. The largest absolute Gasteiger partial charge is 0.480 e. The topological polar surface area (TPSA) is 185 Å². The van der Waals surface area contributed by atoms with Crippen molar-refractivity contribution in [2.75, 3.05) is 19.6 Å². The van der Waals surface area contributed by atoms with Crippen LogP contribution in [0.15, 0.2) is 0 Å². The fourth-order valence-corrected chi connectivity index (χ4v) is 2.53. The van der Waals surface area contributed by atoms with Gasteiger partial charge in [-0.15, -0.1) is 0 Å². The molecule has 11 nitrogen and oxygen atoms in total. The molecule has 1 aliphatic heterocycles. The van der Waals surface area contributed by atoms with Crippen molar-refractivity contribution < 1.29 is 29.1 Å². The molecule has 0 aromatic rings. The Hall–Kier alpha value is -2.69. The van der Waals surface area contributed by atoms with Crippen LogP contribution < -0.4 is 22.1 Å². The van der Waals surface area contributed by atoms with E-state index >= 15 is 0 Å². The molecule has 1 fully saturated rings. The molecule has 25 heavy (non-hydrogen) atoms. The van der Waals surface area contributed by atoms with Crippen molar-refractivity contribution in [3.8, 4) is 0 Å². The van der Waals surface area contributed by atoms with E-state index < -0.39 is 42.3 Å². The van der Waals surface area contributed by atoms with Gasteiger partial charge in [0.2, 0.25) is 23.6 Å². The van der Waals surface area contributed by atoms with E-state index in [2.05, 4.69) is 10.6 Å². The number of hydrogen-bond donors (Lipinski definition) is 5. The summed E-state index contributed by atoms with van der Waals surface area (Å²) in [5, 5.41) is 13.6. The molecule has 7 N–H and O–H groups in total. The predicted molar refractivity (Wildman–Crippen MR) is 84.8 cm³/mol. The normalized spacial score (nSPS) is 17.6. The maximum absolute atomic E-state index is 12.1. The second-order valence-corrected chi connectivity index (χ2v) is 5.63. The zero-order chi connectivity index (χ0) is 19.0. The third-order valence-corrected chi connectivity index (χ3v) is 3.79. The third-order valence-electron chi connectivity index (χ3n) is 3.79. The van der Waals surface area contributed by atoms with E-state index in [4.69, 9.17) is 16.6 Å². The molecule has 0 aliphatic carbocycles. The summed E-state index contributed by atoms with van der Waals surface area (Å²) in [6, 6.07) is -1.97. The molecule has 4 amide bonds. The number of likely N-dealkylation sites (tertiary alicyclic amines) is 1. The van der Waals surface area contributed by atoms with Gasteiger partial charge >= 0.3 is 5.97 Å². The maximum atomic E-state index is 12.1. The molecule has 11 heteroatoms. The highest BCUT2D eigenvalue weighted by atomic mass is 16.4.